The summed E-state index contributed by atoms with van der Waals surface area (Å²) in [5.74, 6) is 0.218. The second-order valence-corrected chi connectivity index (χ2v) is 6.51. The lowest BCUT2D eigenvalue weighted by Gasteiger charge is -2.14. The zero-order valence-electron chi connectivity index (χ0n) is 16.1. The van der Waals surface area contributed by atoms with E-state index in [1.807, 2.05) is 58.2 Å². The van der Waals surface area contributed by atoms with Crippen LogP contribution < -0.4 is 15.5 Å². The summed E-state index contributed by atoms with van der Waals surface area (Å²) in [5, 5.41) is 3.40. The highest BCUT2D eigenvalue weighted by molar-refractivity contribution is 6.06. The van der Waals surface area contributed by atoms with Gasteiger partial charge in [0.25, 0.3) is 5.91 Å². The molecular formula is C22H24N2O3. The minimum Gasteiger partial charge on any atom is -0.494 e. The minimum absolute atomic E-state index is 0.115. The van der Waals surface area contributed by atoms with Gasteiger partial charge in [-0.05, 0) is 49.6 Å². The molecule has 0 aliphatic heterocycles. The summed E-state index contributed by atoms with van der Waals surface area (Å²) >= 11 is 0. The largest absolute Gasteiger partial charge is 0.494 e. The van der Waals surface area contributed by atoms with Crippen molar-refractivity contribution in [3.63, 3.8) is 0 Å². The molecule has 0 fully saturated rings. The molecule has 0 spiro atoms. The molecule has 5 nitrogen and oxygen atoms in total. The predicted molar refractivity (Wildman–Crippen MR) is 109 cm³/mol. The van der Waals surface area contributed by atoms with Gasteiger partial charge in [0.15, 0.2) is 0 Å². The average molecular weight is 364 g/mol. The second kappa shape index (κ2) is 7.66. The molecular weight excluding hydrogens is 340 g/mol. The van der Waals surface area contributed by atoms with Crippen LogP contribution in [-0.4, -0.2) is 17.1 Å². The quantitative estimate of drug-likeness (QED) is 0.743. The zero-order chi connectivity index (χ0) is 19.6. The molecule has 1 amide bonds. The molecule has 0 aliphatic carbocycles. The number of aryl methyl sites for hydroxylation is 3. The van der Waals surface area contributed by atoms with Crippen molar-refractivity contribution in [2.45, 2.75) is 27.2 Å². The van der Waals surface area contributed by atoms with Crippen molar-refractivity contribution in [3.8, 4) is 5.75 Å². The lowest BCUT2D eigenvalue weighted by Crippen LogP contribution is -2.24. The summed E-state index contributed by atoms with van der Waals surface area (Å²) in [5.41, 5.74) is 3.36. The van der Waals surface area contributed by atoms with Crippen LogP contribution in [0.3, 0.4) is 0 Å². The number of benzene rings is 2. The molecule has 1 N–H and O–H groups in total. The van der Waals surface area contributed by atoms with Crippen LogP contribution in [0.25, 0.3) is 10.9 Å². The maximum atomic E-state index is 13.0. The van der Waals surface area contributed by atoms with Gasteiger partial charge in [-0.25, -0.2) is 0 Å². The fraction of sp³-hybridized carbons (Fsp3) is 0.273. The fourth-order valence-corrected chi connectivity index (χ4v) is 3.27. The number of amides is 1. The number of rotatable bonds is 5. The topological polar surface area (TPSA) is 60.3 Å². The number of carbonyl (C=O) groups excluding carboxylic acids is 1. The van der Waals surface area contributed by atoms with Gasteiger partial charge in [0.05, 0.1) is 17.5 Å². The molecule has 0 aliphatic rings. The van der Waals surface area contributed by atoms with Gasteiger partial charge in [-0.1, -0.05) is 25.1 Å². The van der Waals surface area contributed by atoms with E-state index in [9.17, 15) is 9.59 Å². The Morgan fingerprint density at radius 1 is 1.19 bits per heavy atom. The Balaban J connectivity index is 2.08. The van der Waals surface area contributed by atoms with Crippen molar-refractivity contribution >= 4 is 22.5 Å². The maximum absolute atomic E-state index is 13.0. The Labute approximate surface area is 158 Å². The van der Waals surface area contributed by atoms with Crippen LogP contribution in [0.15, 0.2) is 47.4 Å². The third-order valence-corrected chi connectivity index (χ3v) is 4.69. The summed E-state index contributed by atoms with van der Waals surface area (Å²) in [6.07, 6.45) is 2.38. The molecule has 27 heavy (non-hydrogen) atoms. The van der Waals surface area contributed by atoms with Gasteiger partial charge < -0.3 is 14.6 Å². The maximum Gasteiger partial charge on any atom is 0.261 e. The summed E-state index contributed by atoms with van der Waals surface area (Å²) < 4.78 is 7.29. The van der Waals surface area contributed by atoms with Gasteiger partial charge in [-0.3, -0.25) is 9.59 Å². The number of hydrogen-bond acceptors (Lipinski definition) is 3. The Bertz CT molecular complexity index is 1070. The first-order valence-electron chi connectivity index (χ1n) is 9.12. The number of hydrogen-bond donors (Lipinski definition) is 1. The molecule has 1 heterocycles. The molecule has 0 radical (unpaired) electrons. The first-order chi connectivity index (χ1) is 13.0. The molecule has 3 aromatic rings. The number of para-hydroxylation sites is 1. The highest BCUT2D eigenvalue weighted by Gasteiger charge is 2.17. The number of ether oxygens (including phenoxy) is 1. The molecule has 2 aromatic carbocycles. The number of pyridine rings is 1. The first-order valence-corrected chi connectivity index (χ1v) is 9.12. The zero-order valence-corrected chi connectivity index (χ0v) is 16.1. The number of nitrogens with one attached hydrogen (secondary N) is 1. The standard InChI is InChI=1S/C22H24N2O3/c1-5-15-9-7-8-14(3)20(15)23-22(26)18-13-24(4)19-11-10-16(27-6-2)12-17(19)21(18)25/h7-13H,5-6H2,1-4H3,(H,23,26). The monoisotopic (exact) mass is 364 g/mol. The van der Waals surface area contributed by atoms with E-state index in [0.29, 0.717) is 17.7 Å². The van der Waals surface area contributed by atoms with E-state index in [1.165, 1.54) is 0 Å². The summed E-state index contributed by atoms with van der Waals surface area (Å²) in [4.78, 5) is 25.9. The van der Waals surface area contributed by atoms with Gasteiger partial charge in [0, 0.05) is 18.9 Å². The Morgan fingerprint density at radius 3 is 2.67 bits per heavy atom. The van der Waals surface area contributed by atoms with E-state index in [2.05, 4.69) is 5.32 Å². The van der Waals surface area contributed by atoms with Gasteiger partial charge in [0.1, 0.15) is 11.3 Å². The van der Waals surface area contributed by atoms with Gasteiger partial charge in [-0.2, -0.15) is 0 Å². The number of aromatic nitrogens is 1. The van der Waals surface area contributed by atoms with Crippen LogP contribution in [-0.2, 0) is 13.5 Å². The van der Waals surface area contributed by atoms with E-state index in [-0.39, 0.29) is 11.0 Å². The SMILES string of the molecule is CCOc1ccc2c(c1)c(=O)c(C(=O)Nc1c(C)cccc1CC)cn2C. The van der Waals surface area contributed by atoms with Crippen LogP contribution in [0.5, 0.6) is 5.75 Å². The minimum atomic E-state index is -0.400. The highest BCUT2D eigenvalue weighted by Crippen LogP contribution is 2.23. The van der Waals surface area contributed by atoms with Crippen LogP contribution in [0.1, 0.15) is 35.3 Å². The summed E-state index contributed by atoms with van der Waals surface area (Å²) in [7, 11) is 1.82. The number of anilines is 1. The van der Waals surface area contributed by atoms with Crippen molar-refractivity contribution in [1.82, 2.24) is 4.57 Å². The highest BCUT2D eigenvalue weighted by atomic mass is 16.5. The number of carbonyl (C=O) groups is 1. The third-order valence-electron chi connectivity index (χ3n) is 4.69. The first kappa shape index (κ1) is 18.7. The molecule has 5 heteroatoms. The number of fused-ring (bicyclic) bond motifs is 1. The second-order valence-electron chi connectivity index (χ2n) is 6.51. The summed E-state index contributed by atoms with van der Waals surface area (Å²) in [6.45, 7) is 6.38. The lowest BCUT2D eigenvalue weighted by atomic mass is 10.0. The molecule has 0 saturated carbocycles. The van der Waals surface area contributed by atoms with Crippen molar-refractivity contribution in [3.05, 3.63) is 69.5 Å². The molecule has 0 saturated heterocycles. The predicted octanol–water partition coefficient (Wildman–Crippen LogP) is 4.06. The van der Waals surface area contributed by atoms with E-state index >= 15 is 0 Å². The van der Waals surface area contributed by atoms with Crippen LogP contribution in [0.2, 0.25) is 0 Å². The molecule has 0 bridgehead atoms. The Kier molecular flexibility index (Phi) is 5.31. The van der Waals surface area contributed by atoms with Crippen molar-refractivity contribution < 1.29 is 9.53 Å². The molecule has 1 aromatic heterocycles. The van der Waals surface area contributed by atoms with Crippen LogP contribution in [0.4, 0.5) is 5.69 Å². The van der Waals surface area contributed by atoms with Crippen molar-refractivity contribution in [2.75, 3.05) is 11.9 Å². The van der Waals surface area contributed by atoms with Gasteiger partial charge in [0.2, 0.25) is 5.43 Å². The van der Waals surface area contributed by atoms with Gasteiger partial charge >= 0.3 is 0 Å². The van der Waals surface area contributed by atoms with Crippen molar-refractivity contribution in [1.29, 1.82) is 0 Å². The normalized spacial score (nSPS) is 10.8. The summed E-state index contributed by atoms with van der Waals surface area (Å²) in [6, 6.07) is 11.3. The van der Waals surface area contributed by atoms with Crippen LogP contribution in [0, 0.1) is 6.92 Å². The molecule has 3 rings (SSSR count). The van der Waals surface area contributed by atoms with Crippen LogP contribution >= 0.6 is 0 Å². The lowest BCUT2D eigenvalue weighted by molar-refractivity contribution is 0.102. The third kappa shape index (κ3) is 3.58. The van der Waals surface area contributed by atoms with Gasteiger partial charge in [-0.15, -0.1) is 0 Å². The van der Waals surface area contributed by atoms with E-state index in [1.54, 1.807) is 16.8 Å². The molecule has 0 unspecified atom stereocenters. The number of nitrogens with zero attached hydrogens (tertiary/aromatic N) is 1. The van der Waals surface area contributed by atoms with E-state index in [4.69, 9.17) is 4.74 Å². The molecule has 140 valence electrons. The Hall–Kier alpha value is -3.08. The average Bonchev–Trinajstić information content (AvgIpc) is 2.66. The fourth-order valence-electron chi connectivity index (χ4n) is 3.27. The molecule has 0 atom stereocenters. The smallest absolute Gasteiger partial charge is 0.261 e. The van der Waals surface area contributed by atoms with Crippen molar-refractivity contribution in [2.24, 2.45) is 7.05 Å². The Morgan fingerprint density at radius 2 is 1.96 bits per heavy atom. The van der Waals surface area contributed by atoms with E-state index in [0.717, 1.165) is 28.8 Å². The van der Waals surface area contributed by atoms with E-state index < -0.39 is 5.91 Å².